The molecule has 0 unspecified atom stereocenters. The Balaban J connectivity index is 2.24. The van der Waals surface area contributed by atoms with Crippen LogP contribution in [-0.4, -0.2) is 19.1 Å². The second-order valence-electron chi connectivity index (χ2n) is 7.37. The van der Waals surface area contributed by atoms with E-state index < -0.39 is 0 Å². The van der Waals surface area contributed by atoms with Crippen LogP contribution in [0.15, 0.2) is 22.7 Å². The first-order valence-corrected chi connectivity index (χ1v) is 10.9. The number of rotatable bonds is 7. The largest absolute Gasteiger partial charge is 0.323 e. The van der Waals surface area contributed by atoms with Gasteiger partial charge >= 0.3 is 0 Å². The lowest BCUT2D eigenvalue weighted by Crippen LogP contribution is -2.01. The van der Waals surface area contributed by atoms with Crippen molar-refractivity contribution in [2.45, 2.75) is 89.6 Å². The molecule has 2 aromatic heterocycles. The quantitative estimate of drug-likeness (QED) is 0.540. The average molecular weight is 367 g/mol. The molecule has 0 aliphatic carbocycles. The highest BCUT2D eigenvalue weighted by molar-refractivity contribution is 8.76. The van der Waals surface area contributed by atoms with Crippen LogP contribution in [-0.2, 0) is 0 Å². The molecule has 0 spiro atoms. The van der Waals surface area contributed by atoms with Crippen molar-refractivity contribution in [3.05, 3.63) is 23.8 Å². The predicted molar refractivity (Wildman–Crippen MR) is 105 cm³/mol. The van der Waals surface area contributed by atoms with Crippen LogP contribution < -0.4 is 0 Å². The highest BCUT2D eigenvalue weighted by Crippen LogP contribution is 2.39. The molecule has 0 amide bonds. The summed E-state index contributed by atoms with van der Waals surface area (Å²) in [7, 11) is 3.42. The number of hydrogen-bond acceptors (Lipinski definition) is 4. The van der Waals surface area contributed by atoms with Gasteiger partial charge in [-0.3, -0.25) is 0 Å². The van der Waals surface area contributed by atoms with Crippen LogP contribution in [0.25, 0.3) is 0 Å². The summed E-state index contributed by atoms with van der Waals surface area (Å²) in [6, 6.07) is 0.813. The van der Waals surface area contributed by atoms with Gasteiger partial charge in [0.25, 0.3) is 0 Å². The van der Waals surface area contributed by atoms with E-state index in [1.807, 2.05) is 0 Å². The molecule has 2 aromatic rings. The smallest absolute Gasteiger partial charge is 0.179 e. The lowest BCUT2D eigenvalue weighted by molar-refractivity contribution is 0.548. The molecular formula is C18H30N4S2. The van der Waals surface area contributed by atoms with E-state index in [0.29, 0.717) is 23.9 Å². The maximum absolute atomic E-state index is 4.83. The Morgan fingerprint density at radius 3 is 1.25 bits per heavy atom. The minimum atomic E-state index is 0.407. The van der Waals surface area contributed by atoms with Gasteiger partial charge in [0, 0.05) is 24.5 Å². The highest BCUT2D eigenvalue weighted by atomic mass is 33.1. The Morgan fingerprint density at radius 2 is 1.00 bits per heavy atom. The van der Waals surface area contributed by atoms with Gasteiger partial charge in [0.15, 0.2) is 10.3 Å². The third-order valence-corrected chi connectivity index (χ3v) is 6.05. The van der Waals surface area contributed by atoms with Gasteiger partial charge in [0.1, 0.15) is 0 Å². The second-order valence-corrected chi connectivity index (χ2v) is 9.44. The summed E-state index contributed by atoms with van der Waals surface area (Å²) < 4.78 is 4.53. The molecule has 6 heteroatoms. The van der Waals surface area contributed by atoms with Crippen molar-refractivity contribution in [1.29, 1.82) is 0 Å². The normalized spacial score (nSPS) is 12.3. The zero-order valence-corrected chi connectivity index (χ0v) is 17.7. The molecule has 0 fully saturated rings. The fourth-order valence-corrected chi connectivity index (χ4v) is 4.60. The van der Waals surface area contributed by atoms with Gasteiger partial charge in [-0.05, 0) is 61.1 Å². The minimum Gasteiger partial charge on any atom is -0.323 e. The monoisotopic (exact) mass is 366 g/mol. The molecule has 0 atom stereocenters. The van der Waals surface area contributed by atoms with E-state index >= 15 is 0 Å². The fourth-order valence-electron chi connectivity index (χ4n) is 2.28. The lowest BCUT2D eigenvalue weighted by Gasteiger charge is -2.12. The molecule has 0 bridgehead atoms. The van der Waals surface area contributed by atoms with Crippen LogP contribution in [0.4, 0.5) is 0 Å². The van der Waals surface area contributed by atoms with E-state index in [2.05, 4.69) is 76.9 Å². The Bertz CT molecular complexity index is 610. The molecule has 4 nitrogen and oxygen atoms in total. The topological polar surface area (TPSA) is 35.6 Å². The SMILES string of the molecule is CC(C)c1cn(C(C)C)c(SSc2nc(C(C)C)cn2C(C)C)n1. The molecule has 0 N–H and O–H groups in total. The predicted octanol–water partition coefficient (Wildman–Crippen LogP) is 6.29. The Morgan fingerprint density at radius 1 is 0.667 bits per heavy atom. The van der Waals surface area contributed by atoms with Crippen molar-refractivity contribution in [3.63, 3.8) is 0 Å². The summed E-state index contributed by atoms with van der Waals surface area (Å²) in [6.45, 7) is 17.6. The molecule has 2 rings (SSSR count). The molecule has 24 heavy (non-hydrogen) atoms. The van der Waals surface area contributed by atoms with Crippen molar-refractivity contribution in [3.8, 4) is 0 Å². The van der Waals surface area contributed by atoms with E-state index in [4.69, 9.17) is 9.97 Å². The summed E-state index contributed by atoms with van der Waals surface area (Å²) in [5.41, 5.74) is 2.31. The van der Waals surface area contributed by atoms with Gasteiger partial charge in [-0.15, -0.1) is 0 Å². The second kappa shape index (κ2) is 8.00. The molecular weight excluding hydrogens is 336 g/mol. The first kappa shape index (κ1) is 19.4. The average Bonchev–Trinajstić information content (AvgIpc) is 3.09. The molecule has 0 aliphatic heterocycles. The lowest BCUT2D eigenvalue weighted by atomic mass is 10.2. The standard InChI is InChI=1S/C18H30N4S2/c1-11(2)15-9-21(13(5)6)17(19-15)23-24-18-20-16(12(3)4)10-22(18)14(7)8/h9-14H,1-8H3. The molecule has 0 aliphatic rings. The number of imidazole rings is 2. The number of hydrogen-bond donors (Lipinski definition) is 0. The van der Waals surface area contributed by atoms with Gasteiger partial charge in [-0.2, -0.15) is 0 Å². The minimum absolute atomic E-state index is 0.407. The zero-order chi connectivity index (χ0) is 18.0. The van der Waals surface area contributed by atoms with Gasteiger partial charge in [-0.25, -0.2) is 9.97 Å². The van der Waals surface area contributed by atoms with Crippen LogP contribution >= 0.6 is 21.6 Å². The fraction of sp³-hybridized carbons (Fsp3) is 0.667. The Hall–Kier alpha value is -0.880. The third kappa shape index (κ3) is 4.39. The maximum atomic E-state index is 4.83. The third-order valence-electron chi connectivity index (χ3n) is 3.92. The summed E-state index contributed by atoms with van der Waals surface area (Å²) in [6.07, 6.45) is 4.37. The van der Waals surface area contributed by atoms with E-state index in [1.54, 1.807) is 21.6 Å². The van der Waals surface area contributed by atoms with E-state index in [1.165, 1.54) is 0 Å². The van der Waals surface area contributed by atoms with Crippen molar-refractivity contribution in [2.24, 2.45) is 0 Å². The number of aromatic nitrogens is 4. The summed E-state index contributed by atoms with van der Waals surface area (Å²) in [5, 5.41) is 2.12. The molecule has 0 saturated carbocycles. The van der Waals surface area contributed by atoms with E-state index in [-0.39, 0.29) is 0 Å². The number of nitrogens with zero attached hydrogens (tertiary/aromatic N) is 4. The van der Waals surface area contributed by atoms with E-state index in [0.717, 1.165) is 21.7 Å². The summed E-state index contributed by atoms with van der Waals surface area (Å²) in [4.78, 5) is 9.66. The van der Waals surface area contributed by atoms with Crippen molar-refractivity contribution in [2.75, 3.05) is 0 Å². The zero-order valence-electron chi connectivity index (χ0n) is 16.1. The molecule has 0 saturated heterocycles. The van der Waals surface area contributed by atoms with Crippen LogP contribution in [0.1, 0.15) is 90.7 Å². The van der Waals surface area contributed by atoms with Crippen LogP contribution in [0.3, 0.4) is 0 Å². The maximum Gasteiger partial charge on any atom is 0.179 e. The highest BCUT2D eigenvalue weighted by Gasteiger charge is 2.17. The Labute approximate surface area is 154 Å². The van der Waals surface area contributed by atoms with Crippen molar-refractivity contribution < 1.29 is 0 Å². The van der Waals surface area contributed by atoms with Crippen molar-refractivity contribution >= 4 is 21.6 Å². The van der Waals surface area contributed by atoms with Gasteiger partial charge < -0.3 is 9.13 Å². The van der Waals surface area contributed by atoms with Crippen LogP contribution in [0.2, 0.25) is 0 Å². The van der Waals surface area contributed by atoms with Crippen molar-refractivity contribution in [1.82, 2.24) is 19.1 Å². The molecule has 0 radical (unpaired) electrons. The first-order chi connectivity index (χ1) is 11.2. The van der Waals surface area contributed by atoms with Gasteiger partial charge in [-0.1, -0.05) is 27.7 Å². The summed E-state index contributed by atoms with van der Waals surface area (Å²) >= 11 is 0. The Kier molecular flexibility index (Phi) is 6.48. The first-order valence-electron chi connectivity index (χ1n) is 8.72. The van der Waals surface area contributed by atoms with Gasteiger partial charge in [0.2, 0.25) is 0 Å². The van der Waals surface area contributed by atoms with Crippen LogP contribution in [0.5, 0.6) is 0 Å². The van der Waals surface area contributed by atoms with Gasteiger partial charge in [0.05, 0.1) is 11.4 Å². The van der Waals surface area contributed by atoms with Crippen LogP contribution in [0, 0.1) is 0 Å². The molecule has 134 valence electrons. The summed E-state index contributed by atoms with van der Waals surface area (Å²) in [5.74, 6) is 0.888. The van der Waals surface area contributed by atoms with E-state index in [9.17, 15) is 0 Å². The molecule has 0 aromatic carbocycles. The molecule has 2 heterocycles.